The van der Waals surface area contributed by atoms with Crippen molar-refractivity contribution in [1.29, 1.82) is 0 Å². The molecule has 1 aromatic carbocycles. The Morgan fingerprint density at radius 2 is 0.778 bits per heavy atom. The highest BCUT2D eigenvalue weighted by molar-refractivity contribution is 6.05. The molecule has 308 valence electrons. The van der Waals surface area contributed by atoms with E-state index in [2.05, 4.69) is 31.1 Å². The fourth-order valence-electron chi connectivity index (χ4n) is 7.01. The average Bonchev–Trinajstić information content (AvgIpc) is 3.18. The number of amides is 1. The fraction of sp³-hybridized carbons (Fsp3) is 0.750. The normalized spacial score (nSPS) is 11.2. The lowest BCUT2D eigenvalue weighted by molar-refractivity contribution is 0.102. The van der Waals surface area contributed by atoms with E-state index in [0.717, 1.165) is 38.5 Å². The van der Waals surface area contributed by atoms with Crippen LogP contribution in [0.3, 0.4) is 0 Å². The number of unbranched alkanes of at least 4 members (excludes halogenated alkanes) is 27. The van der Waals surface area contributed by atoms with Crippen molar-refractivity contribution >= 4 is 11.6 Å². The molecule has 0 aliphatic carbocycles. The van der Waals surface area contributed by atoms with Crippen LogP contribution in [0.5, 0.6) is 17.2 Å². The molecule has 0 aliphatic rings. The standard InChI is InChI=1S/C48H82N2O4/c1-4-7-10-13-16-19-22-25-28-31-38-52-45-41-43(48(51)50-44-34-36-49-37-35-44)42-46(53-39-32-29-26-23-20-17-14-11-8-5-2)47(45)54-40-33-30-27-24-21-18-15-12-9-6-3/h34-37,41-42H,4-33,38-40H2,1-3H3,(H,49,50,51). The van der Waals surface area contributed by atoms with Gasteiger partial charge in [-0.1, -0.05) is 194 Å². The maximum atomic E-state index is 13.5. The first kappa shape index (κ1) is 47.4. The van der Waals surface area contributed by atoms with Crippen LogP contribution >= 0.6 is 0 Å². The van der Waals surface area contributed by atoms with E-state index in [-0.39, 0.29) is 5.91 Å². The van der Waals surface area contributed by atoms with Crippen molar-refractivity contribution in [3.8, 4) is 17.2 Å². The van der Waals surface area contributed by atoms with Crippen LogP contribution in [0.4, 0.5) is 5.69 Å². The molecule has 0 fully saturated rings. The van der Waals surface area contributed by atoms with Crippen LogP contribution in [0.1, 0.15) is 224 Å². The lowest BCUT2D eigenvalue weighted by atomic mass is 10.1. The number of aromatic nitrogens is 1. The molecular weight excluding hydrogens is 669 g/mol. The number of hydrogen-bond acceptors (Lipinski definition) is 5. The second kappa shape index (κ2) is 34.7. The summed E-state index contributed by atoms with van der Waals surface area (Å²) in [6, 6.07) is 7.28. The van der Waals surface area contributed by atoms with Gasteiger partial charge in [0.25, 0.3) is 5.91 Å². The van der Waals surface area contributed by atoms with Crippen molar-refractivity contribution < 1.29 is 19.0 Å². The van der Waals surface area contributed by atoms with Gasteiger partial charge < -0.3 is 19.5 Å². The average molecular weight is 751 g/mol. The van der Waals surface area contributed by atoms with Gasteiger partial charge in [-0.15, -0.1) is 0 Å². The van der Waals surface area contributed by atoms with Crippen LogP contribution in [0.2, 0.25) is 0 Å². The number of carbonyl (C=O) groups is 1. The molecule has 1 heterocycles. The van der Waals surface area contributed by atoms with Gasteiger partial charge in [-0.05, 0) is 43.5 Å². The van der Waals surface area contributed by atoms with E-state index in [1.807, 2.05) is 12.1 Å². The van der Waals surface area contributed by atoms with Crippen LogP contribution in [-0.4, -0.2) is 30.7 Å². The third kappa shape index (κ3) is 24.6. The second-order valence-corrected chi connectivity index (χ2v) is 15.6. The Morgan fingerprint density at radius 3 is 1.13 bits per heavy atom. The van der Waals surface area contributed by atoms with Crippen molar-refractivity contribution in [1.82, 2.24) is 4.98 Å². The monoisotopic (exact) mass is 751 g/mol. The van der Waals surface area contributed by atoms with Crippen LogP contribution in [0.15, 0.2) is 36.7 Å². The molecule has 1 N–H and O–H groups in total. The molecule has 54 heavy (non-hydrogen) atoms. The minimum absolute atomic E-state index is 0.199. The molecule has 0 saturated carbocycles. The Balaban J connectivity index is 2.02. The zero-order valence-corrected chi connectivity index (χ0v) is 35.4. The number of carbonyl (C=O) groups excluding carboxylic acids is 1. The third-order valence-corrected chi connectivity index (χ3v) is 10.5. The number of nitrogens with one attached hydrogen (secondary N) is 1. The number of rotatable bonds is 38. The molecule has 6 nitrogen and oxygen atoms in total. The SMILES string of the molecule is CCCCCCCCCCCCOc1cc(C(=O)Nc2ccncc2)cc(OCCCCCCCCCCCC)c1OCCCCCCCCCCCC. The van der Waals surface area contributed by atoms with Crippen molar-refractivity contribution in [3.63, 3.8) is 0 Å². The van der Waals surface area contributed by atoms with Gasteiger partial charge in [-0.3, -0.25) is 9.78 Å². The second-order valence-electron chi connectivity index (χ2n) is 15.6. The van der Waals surface area contributed by atoms with Gasteiger partial charge >= 0.3 is 0 Å². The molecule has 0 unspecified atom stereocenters. The molecule has 0 spiro atoms. The first-order chi connectivity index (χ1) is 26.7. The predicted molar refractivity (Wildman–Crippen MR) is 231 cm³/mol. The summed E-state index contributed by atoms with van der Waals surface area (Å²) in [5, 5.41) is 3.02. The first-order valence-electron chi connectivity index (χ1n) is 23.0. The van der Waals surface area contributed by atoms with Gasteiger partial charge in [-0.25, -0.2) is 0 Å². The Morgan fingerprint density at radius 1 is 0.463 bits per heavy atom. The minimum atomic E-state index is -0.199. The number of nitrogens with zero attached hydrogens (tertiary/aromatic N) is 1. The lowest BCUT2D eigenvalue weighted by Crippen LogP contribution is -2.14. The van der Waals surface area contributed by atoms with E-state index in [1.54, 1.807) is 24.5 Å². The summed E-state index contributed by atoms with van der Waals surface area (Å²) in [7, 11) is 0. The van der Waals surface area contributed by atoms with E-state index in [0.29, 0.717) is 48.3 Å². The molecule has 0 aliphatic heterocycles. The van der Waals surface area contributed by atoms with Gasteiger partial charge in [-0.2, -0.15) is 0 Å². The number of anilines is 1. The van der Waals surface area contributed by atoms with Crippen LogP contribution in [0, 0.1) is 0 Å². The van der Waals surface area contributed by atoms with E-state index in [9.17, 15) is 4.79 Å². The Bertz CT molecular complexity index is 1090. The zero-order chi connectivity index (χ0) is 38.6. The largest absolute Gasteiger partial charge is 0.490 e. The maximum absolute atomic E-state index is 13.5. The number of benzene rings is 1. The molecule has 2 rings (SSSR count). The molecule has 6 heteroatoms. The summed E-state index contributed by atoms with van der Waals surface area (Å²) in [5.41, 5.74) is 1.21. The van der Waals surface area contributed by atoms with Gasteiger partial charge in [0.05, 0.1) is 19.8 Å². The molecule has 0 radical (unpaired) electrons. The van der Waals surface area contributed by atoms with E-state index in [4.69, 9.17) is 14.2 Å². The quantitative estimate of drug-likeness (QED) is 0.0692. The number of ether oxygens (including phenoxy) is 3. The van der Waals surface area contributed by atoms with Gasteiger partial charge in [0.1, 0.15) is 0 Å². The molecule has 0 atom stereocenters. The highest BCUT2D eigenvalue weighted by Gasteiger charge is 2.19. The van der Waals surface area contributed by atoms with Crippen molar-refractivity contribution in [2.75, 3.05) is 25.1 Å². The van der Waals surface area contributed by atoms with E-state index in [1.165, 1.54) is 154 Å². The summed E-state index contributed by atoms with van der Waals surface area (Å²) in [6.45, 7) is 8.63. The summed E-state index contributed by atoms with van der Waals surface area (Å²) in [5.74, 6) is 1.66. The predicted octanol–water partition coefficient (Wildman–Crippen LogP) is 15.2. The molecule has 1 amide bonds. The highest BCUT2D eigenvalue weighted by Crippen LogP contribution is 2.40. The van der Waals surface area contributed by atoms with E-state index < -0.39 is 0 Å². The molecule has 0 saturated heterocycles. The van der Waals surface area contributed by atoms with Gasteiger partial charge in [0.15, 0.2) is 11.5 Å². The first-order valence-corrected chi connectivity index (χ1v) is 23.0. The molecule has 1 aromatic heterocycles. The fourth-order valence-corrected chi connectivity index (χ4v) is 7.01. The smallest absolute Gasteiger partial charge is 0.255 e. The lowest BCUT2D eigenvalue weighted by Gasteiger charge is -2.19. The topological polar surface area (TPSA) is 69.7 Å². The van der Waals surface area contributed by atoms with Crippen molar-refractivity contribution in [2.24, 2.45) is 0 Å². The number of hydrogen-bond donors (Lipinski definition) is 1. The summed E-state index contributed by atoms with van der Waals surface area (Å²) in [4.78, 5) is 17.6. The molecule has 2 aromatic rings. The summed E-state index contributed by atoms with van der Waals surface area (Å²) >= 11 is 0. The minimum Gasteiger partial charge on any atom is -0.490 e. The van der Waals surface area contributed by atoms with Crippen molar-refractivity contribution in [3.05, 3.63) is 42.2 Å². The van der Waals surface area contributed by atoms with Gasteiger partial charge in [0.2, 0.25) is 5.75 Å². The van der Waals surface area contributed by atoms with Crippen LogP contribution in [-0.2, 0) is 0 Å². The number of pyridine rings is 1. The van der Waals surface area contributed by atoms with Crippen LogP contribution < -0.4 is 19.5 Å². The van der Waals surface area contributed by atoms with Gasteiger partial charge in [0, 0.05) is 23.6 Å². The highest BCUT2D eigenvalue weighted by atomic mass is 16.5. The molecule has 0 bridgehead atoms. The Labute approximate surface area is 332 Å². The zero-order valence-electron chi connectivity index (χ0n) is 35.4. The molecular formula is C48H82N2O4. The van der Waals surface area contributed by atoms with E-state index >= 15 is 0 Å². The third-order valence-electron chi connectivity index (χ3n) is 10.5. The van der Waals surface area contributed by atoms with Crippen LogP contribution in [0.25, 0.3) is 0 Å². The summed E-state index contributed by atoms with van der Waals surface area (Å²) in [6.07, 6.45) is 41.7. The summed E-state index contributed by atoms with van der Waals surface area (Å²) < 4.78 is 19.4. The Kier molecular flexibility index (Phi) is 30.5. The maximum Gasteiger partial charge on any atom is 0.255 e. The Hall–Kier alpha value is -2.76. The van der Waals surface area contributed by atoms with Crippen molar-refractivity contribution in [2.45, 2.75) is 213 Å².